The van der Waals surface area contributed by atoms with Crippen molar-refractivity contribution < 1.29 is 13.9 Å². The summed E-state index contributed by atoms with van der Waals surface area (Å²) in [6, 6.07) is 14.9. The second kappa shape index (κ2) is 4.16. The van der Waals surface area contributed by atoms with Gasteiger partial charge in [0.2, 0.25) is 0 Å². The Kier molecular flexibility index (Phi) is 2.31. The summed E-state index contributed by atoms with van der Waals surface area (Å²) in [5, 5.41) is 0.916. The highest BCUT2D eigenvalue weighted by atomic mass is 16.5. The molecule has 0 bridgehead atoms. The first-order valence-corrected chi connectivity index (χ1v) is 7.65. The van der Waals surface area contributed by atoms with Gasteiger partial charge in [-0.15, -0.1) is 0 Å². The molecule has 0 spiro atoms. The van der Waals surface area contributed by atoms with Crippen LogP contribution in [0.5, 0.6) is 11.5 Å². The van der Waals surface area contributed by atoms with Gasteiger partial charge < -0.3 is 13.9 Å². The standard InChI is InChI=1S/C19H14O4/c1-19-12-4-2-3-5-15(12)21-10-13(19)18-11-6-9-17(20)22-14(11)7-8-16(18)23-19/h2-9,13H,10H2,1H3. The van der Waals surface area contributed by atoms with E-state index >= 15 is 0 Å². The zero-order valence-corrected chi connectivity index (χ0v) is 12.5. The fraction of sp³-hybridized carbons (Fsp3) is 0.211. The predicted molar refractivity (Wildman–Crippen MR) is 85.1 cm³/mol. The fourth-order valence-corrected chi connectivity index (χ4v) is 3.84. The van der Waals surface area contributed by atoms with Crippen LogP contribution in [0.4, 0.5) is 0 Å². The lowest BCUT2D eigenvalue weighted by Gasteiger charge is -2.36. The molecule has 0 fully saturated rings. The number of ether oxygens (including phenoxy) is 2. The molecule has 0 radical (unpaired) electrons. The molecule has 2 unspecified atom stereocenters. The quantitative estimate of drug-likeness (QED) is 0.596. The van der Waals surface area contributed by atoms with Gasteiger partial charge in [0.15, 0.2) is 0 Å². The smallest absolute Gasteiger partial charge is 0.336 e. The Labute approximate surface area is 132 Å². The Morgan fingerprint density at radius 3 is 2.83 bits per heavy atom. The van der Waals surface area contributed by atoms with E-state index in [0.29, 0.717) is 12.2 Å². The fourth-order valence-electron chi connectivity index (χ4n) is 3.84. The maximum absolute atomic E-state index is 11.5. The van der Waals surface area contributed by atoms with Crippen molar-refractivity contribution in [2.75, 3.05) is 6.61 Å². The van der Waals surface area contributed by atoms with Crippen molar-refractivity contribution in [2.24, 2.45) is 0 Å². The molecule has 114 valence electrons. The molecule has 0 amide bonds. The molecule has 0 N–H and O–H groups in total. The number of benzene rings is 2. The molecule has 3 heterocycles. The first-order valence-electron chi connectivity index (χ1n) is 7.65. The van der Waals surface area contributed by atoms with Crippen LogP contribution in [0.3, 0.4) is 0 Å². The van der Waals surface area contributed by atoms with Crippen LogP contribution >= 0.6 is 0 Å². The summed E-state index contributed by atoms with van der Waals surface area (Å²) >= 11 is 0. The summed E-state index contributed by atoms with van der Waals surface area (Å²) in [5.41, 5.74) is 1.88. The molecule has 0 aliphatic carbocycles. The Hall–Kier alpha value is -2.75. The summed E-state index contributed by atoms with van der Waals surface area (Å²) in [6.45, 7) is 2.64. The van der Waals surface area contributed by atoms with Crippen LogP contribution in [-0.2, 0) is 5.60 Å². The number of hydrogen-bond acceptors (Lipinski definition) is 4. The Morgan fingerprint density at radius 2 is 1.91 bits per heavy atom. The molecule has 5 rings (SSSR count). The van der Waals surface area contributed by atoms with Crippen molar-refractivity contribution in [1.82, 2.24) is 0 Å². The van der Waals surface area contributed by atoms with Gasteiger partial charge in [0.25, 0.3) is 0 Å². The third-order valence-corrected chi connectivity index (χ3v) is 4.97. The molecule has 2 atom stereocenters. The minimum atomic E-state index is -0.471. The third-order valence-electron chi connectivity index (χ3n) is 4.97. The van der Waals surface area contributed by atoms with Crippen LogP contribution < -0.4 is 15.1 Å². The van der Waals surface area contributed by atoms with E-state index in [1.165, 1.54) is 6.07 Å². The number of fused-ring (bicyclic) bond motifs is 7. The Balaban J connectivity index is 1.79. The SMILES string of the molecule is CC12Oc3ccc4oc(=O)ccc4c3C1COc1ccccc12. The molecule has 2 aromatic carbocycles. The van der Waals surface area contributed by atoms with Gasteiger partial charge in [-0.25, -0.2) is 4.79 Å². The average Bonchev–Trinajstić information content (AvgIpc) is 2.87. The van der Waals surface area contributed by atoms with Crippen LogP contribution in [0.2, 0.25) is 0 Å². The Bertz CT molecular complexity index is 1000. The van der Waals surface area contributed by atoms with Crippen molar-refractivity contribution in [1.29, 1.82) is 0 Å². The second-order valence-electron chi connectivity index (χ2n) is 6.21. The predicted octanol–water partition coefficient (Wildman–Crippen LogP) is 3.58. The van der Waals surface area contributed by atoms with Gasteiger partial charge in [-0.1, -0.05) is 18.2 Å². The van der Waals surface area contributed by atoms with E-state index < -0.39 is 5.60 Å². The van der Waals surface area contributed by atoms with E-state index in [2.05, 4.69) is 13.0 Å². The second-order valence-corrected chi connectivity index (χ2v) is 6.21. The van der Waals surface area contributed by atoms with E-state index in [4.69, 9.17) is 13.9 Å². The zero-order valence-electron chi connectivity index (χ0n) is 12.5. The summed E-state index contributed by atoms with van der Waals surface area (Å²) in [5.74, 6) is 1.76. The van der Waals surface area contributed by atoms with E-state index in [-0.39, 0.29) is 11.5 Å². The van der Waals surface area contributed by atoms with Gasteiger partial charge in [-0.2, -0.15) is 0 Å². The third kappa shape index (κ3) is 1.58. The lowest BCUT2D eigenvalue weighted by molar-refractivity contribution is 0.0436. The van der Waals surface area contributed by atoms with Gasteiger partial charge in [0, 0.05) is 22.6 Å². The monoisotopic (exact) mass is 306 g/mol. The van der Waals surface area contributed by atoms with Crippen LogP contribution in [0.25, 0.3) is 11.0 Å². The topological polar surface area (TPSA) is 48.7 Å². The number of hydrogen-bond donors (Lipinski definition) is 0. The number of para-hydroxylation sites is 1. The molecule has 4 heteroatoms. The molecular formula is C19H14O4. The van der Waals surface area contributed by atoms with Crippen LogP contribution in [0, 0.1) is 0 Å². The van der Waals surface area contributed by atoms with E-state index in [1.807, 2.05) is 30.3 Å². The molecule has 23 heavy (non-hydrogen) atoms. The largest absolute Gasteiger partial charge is 0.492 e. The highest BCUT2D eigenvalue weighted by molar-refractivity contribution is 5.85. The maximum atomic E-state index is 11.5. The van der Waals surface area contributed by atoms with E-state index in [1.54, 1.807) is 6.07 Å². The van der Waals surface area contributed by atoms with Crippen LogP contribution in [0.15, 0.2) is 57.7 Å². The highest BCUT2D eigenvalue weighted by Crippen LogP contribution is 2.56. The van der Waals surface area contributed by atoms with Gasteiger partial charge >= 0.3 is 5.63 Å². The minimum absolute atomic E-state index is 0.0591. The average molecular weight is 306 g/mol. The van der Waals surface area contributed by atoms with Gasteiger partial charge in [-0.3, -0.25) is 0 Å². The zero-order chi connectivity index (χ0) is 15.6. The molecular weight excluding hydrogens is 292 g/mol. The molecule has 2 aliphatic heterocycles. The molecule has 1 aromatic heterocycles. The summed E-state index contributed by atoms with van der Waals surface area (Å²) in [6.07, 6.45) is 0. The summed E-state index contributed by atoms with van der Waals surface area (Å²) in [7, 11) is 0. The maximum Gasteiger partial charge on any atom is 0.336 e. The van der Waals surface area contributed by atoms with E-state index in [0.717, 1.165) is 28.0 Å². The van der Waals surface area contributed by atoms with Crippen molar-refractivity contribution in [2.45, 2.75) is 18.4 Å². The first-order chi connectivity index (χ1) is 11.2. The molecule has 0 saturated heterocycles. The normalized spacial score (nSPS) is 24.3. The Morgan fingerprint density at radius 1 is 1.04 bits per heavy atom. The molecule has 2 aliphatic rings. The first kappa shape index (κ1) is 12.8. The van der Waals surface area contributed by atoms with Gasteiger partial charge in [0.05, 0.1) is 12.5 Å². The lowest BCUT2D eigenvalue weighted by atomic mass is 9.78. The summed E-state index contributed by atoms with van der Waals surface area (Å²) < 4.78 is 17.6. The molecule has 3 aromatic rings. The van der Waals surface area contributed by atoms with Crippen molar-refractivity contribution in [3.63, 3.8) is 0 Å². The van der Waals surface area contributed by atoms with Crippen molar-refractivity contribution >= 4 is 11.0 Å². The molecule has 0 saturated carbocycles. The molecule has 4 nitrogen and oxygen atoms in total. The van der Waals surface area contributed by atoms with Gasteiger partial charge in [0.1, 0.15) is 22.7 Å². The lowest BCUT2D eigenvalue weighted by Crippen LogP contribution is -2.38. The van der Waals surface area contributed by atoms with Gasteiger partial charge in [-0.05, 0) is 31.2 Å². The highest BCUT2D eigenvalue weighted by Gasteiger charge is 2.51. The number of rotatable bonds is 0. The van der Waals surface area contributed by atoms with Crippen LogP contribution in [-0.4, -0.2) is 6.61 Å². The van der Waals surface area contributed by atoms with Crippen molar-refractivity contribution in [3.05, 3.63) is 70.1 Å². The van der Waals surface area contributed by atoms with Crippen molar-refractivity contribution in [3.8, 4) is 11.5 Å². The minimum Gasteiger partial charge on any atom is -0.492 e. The van der Waals surface area contributed by atoms with Crippen LogP contribution in [0.1, 0.15) is 24.0 Å². The van der Waals surface area contributed by atoms with E-state index in [9.17, 15) is 4.79 Å². The summed E-state index contributed by atoms with van der Waals surface area (Å²) in [4.78, 5) is 11.5.